The summed E-state index contributed by atoms with van der Waals surface area (Å²) >= 11 is 0. The van der Waals surface area contributed by atoms with Crippen LogP contribution in [-0.4, -0.2) is 23.2 Å². The second-order valence-electron chi connectivity index (χ2n) is 4.66. The van der Waals surface area contributed by atoms with Crippen LogP contribution in [0, 0.1) is 5.82 Å². The smallest absolute Gasteiger partial charge is 0.253 e. The van der Waals surface area contributed by atoms with Gasteiger partial charge >= 0.3 is 0 Å². The molecule has 1 amide bonds. The molecule has 1 aromatic rings. The minimum absolute atomic E-state index is 0.109. The Hall–Kier alpha value is -1.62. The number of aliphatic hydroxyl groups is 1. The third kappa shape index (κ3) is 2.79. The van der Waals surface area contributed by atoms with Gasteiger partial charge in [-0.25, -0.2) is 4.39 Å². The lowest BCUT2D eigenvalue weighted by Crippen LogP contribution is -2.45. The second-order valence-corrected chi connectivity index (χ2v) is 4.66. The monoisotopic (exact) mass is 252 g/mol. The van der Waals surface area contributed by atoms with Gasteiger partial charge in [-0.2, -0.15) is 0 Å². The van der Waals surface area contributed by atoms with Crippen LogP contribution < -0.4 is 11.1 Å². The molecule has 4 N–H and O–H groups in total. The Balaban J connectivity index is 2.07. The van der Waals surface area contributed by atoms with Gasteiger partial charge in [-0.05, 0) is 31.0 Å². The summed E-state index contributed by atoms with van der Waals surface area (Å²) in [6.07, 6.45) is 2.91. The van der Waals surface area contributed by atoms with E-state index in [0.29, 0.717) is 6.42 Å². The number of halogens is 1. The highest BCUT2D eigenvalue weighted by molar-refractivity contribution is 5.99. The molecule has 0 unspecified atom stereocenters. The van der Waals surface area contributed by atoms with Crippen molar-refractivity contribution in [1.82, 2.24) is 5.32 Å². The van der Waals surface area contributed by atoms with E-state index in [1.54, 1.807) is 0 Å². The normalized spacial score (nSPS) is 23.7. The minimum atomic E-state index is -0.510. The summed E-state index contributed by atoms with van der Waals surface area (Å²) in [7, 11) is 0. The number of carbonyl (C=O) groups is 1. The summed E-state index contributed by atoms with van der Waals surface area (Å²) in [4.78, 5) is 12.0. The zero-order valence-electron chi connectivity index (χ0n) is 10.0. The molecule has 5 heteroatoms. The third-order valence-corrected chi connectivity index (χ3v) is 3.30. The average molecular weight is 252 g/mol. The number of amides is 1. The second kappa shape index (κ2) is 5.35. The fraction of sp³-hybridized carbons (Fsp3) is 0.462. The van der Waals surface area contributed by atoms with Crippen molar-refractivity contribution < 1.29 is 14.3 Å². The summed E-state index contributed by atoms with van der Waals surface area (Å²) in [5, 5.41) is 12.5. The number of carbonyl (C=O) groups excluding carboxylic acids is 1. The van der Waals surface area contributed by atoms with Crippen LogP contribution in [0.1, 0.15) is 36.0 Å². The van der Waals surface area contributed by atoms with E-state index >= 15 is 0 Å². The topological polar surface area (TPSA) is 75.4 Å². The van der Waals surface area contributed by atoms with Crippen molar-refractivity contribution in [3.63, 3.8) is 0 Å². The molecule has 0 spiro atoms. The minimum Gasteiger partial charge on any atom is -0.398 e. The first-order chi connectivity index (χ1) is 8.58. The van der Waals surface area contributed by atoms with Gasteiger partial charge < -0.3 is 16.2 Å². The van der Waals surface area contributed by atoms with E-state index in [1.807, 2.05) is 0 Å². The van der Waals surface area contributed by atoms with E-state index in [4.69, 9.17) is 5.73 Å². The van der Waals surface area contributed by atoms with Gasteiger partial charge in [0.05, 0.1) is 17.7 Å². The van der Waals surface area contributed by atoms with Crippen LogP contribution >= 0.6 is 0 Å². The molecule has 0 saturated heterocycles. The quantitative estimate of drug-likeness (QED) is 0.697. The first-order valence-electron chi connectivity index (χ1n) is 6.12. The summed E-state index contributed by atoms with van der Waals surface area (Å²) in [5.74, 6) is -0.833. The first-order valence-corrected chi connectivity index (χ1v) is 6.12. The predicted molar refractivity (Wildman–Crippen MR) is 66.5 cm³/mol. The van der Waals surface area contributed by atoms with Crippen molar-refractivity contribution >= 4 is 11.6 Å². The molecule has 4 nitrogen and oxygen atoms in total. The number of rotatable bonds is 2. The van der Waals surface area contributed by atoms with E-state index in [9.17, 15) is 14.3 Å². The average Bonchev–Trinajstić information content (AvgIpc) is 2.32. The Morgan fingerprint density at radius 1 is 1.39 bits per heavy atom. The molecule has 2 atom stereocenters. The lowest BCUT2D eigenvalue weighted by atomic mass is 9.92. The van der Waals surface area contributed by atoms with Crippen molar-refractivity contribution in [2.24, 2.45) is 0 Å². The molecule has 18 heavy (non-hydrogen) atoms. The van der Waals surface area contributed by atoms with E-state index in [-0.39, 0.29) is 23.2 Å². The molecule has 0 aliphatic heterocycles. The van der Waals surface area contributed by atoms with Crippen LogP contribution in [0.15, 0.2) is 18.2 Å². The molecule has 98 valence electrons. The molecule has 1 fully saturated rings. The van der Waals surface area contributed by atoms with E-state index in [2.05, 4.69) is 5.32 Å². The van der Waals surface area contributed by atoms with Crippen molar-refractivity contribution in [2.75, 3.05) is 5.73 Å². The predicted octanol–water partition coefficient (Wildman–Crippen LogP) is 1.44. The van der Waals surface area contributed by atoms with Crippen LogP contribution in [0.5, 0.6) is 0 Å². The van der Waals surface area contributed by atoms with Gasteiger partial charge in [0.25, 0.3) is 5.91 Å². The van der Waals surface area contributed by atoms with Gasteiger partial charge in [-0.3, -0.25) is 4.79 Å². The van der Waals surface area contributed by atoms with Gasteiger partial charge in [0.1, 0.15) is 5.82 Å². The van der Waals surface area contributed by atoms with Gasteiger partial charge in [-0.1, -0.05) is 12.8 Å². The van der Waals surface area contributed by atoms with Crippen molar-refractivity contribution in [1.29, 1.82) is 0 Å². The molecule has 1 aliphatic rings. The van der Waals surface area contributed by atoms with Crippen LogP contribution in [0.2, 0.25) is 0 Å². The third-order valence-electron chi connectivity index (χ3n) is 3.30. The fourth-order valence-corrected chi connectivity index (χ4v) is 2.27. The van der Waals surface area contributed by atoms with E-state index in [1.165, 1.54) is 12.1 Å². The molecule has 0 aromatic heterocycles. The summed E-state index contributed by atoms with van der Waals surface area (Å²) < 4.78 is 12.9. The van der Waals surface area contributed by atoms with Gasteiger partial charge in [0.2, 0.25) is 0 Å². The number of aliphatic hydroxyl groups excluding tert-OH is 1. The highest BCUT2D eigenvalue weighted by Crippen LogP contribution is 2.20. The molecule has 0 heterocycles. The maximum Gasteiger partial charge on any atom is 0.253 e. The molecule has 1 aliphatic carbocycles. The van der Waals surface area contributed by atoms with Crippen molar-refractivity contribution in [3.8, 4) is 0 Å². The van der Waals surface area contributed by atoms with Crippen molar-refractivity contribution in [3.05, 3.63) is 29.6 Å². The van der Waals surface area contributed by atoms with Crippen LogP contribution in [-0.2, 0) is 0 Å². The maximum atomic E-state index is 12.9. The van der Waals surface area contributed by atoms with Gasteiger partial charge in [-0.15, -0.1) is 0 Å². The summed E-state index contributed by atoms with van der Waals surface area (Å²) in [5.41, 5.74) is 5.95. The van der Waals surface area contributed by atoms with Crippen LogP contribution in [0.4, 0.5) is 10.1 Å². The number of hydrogen-bond donors (Lipinski definition) is 3. The van der Waals surface area contributed by atoms with Gasteiger partial charge in [0, 0.05) is 5.69 Å². The number of nitrogens with two attached hydrogens (primary N) is 1. The Labute approximate surface area is 105 Å². The molecule has 0 bridgehead atoms. The zero-order chi connectivity index (χ0) is 13.1. The number of nitrogen functional groups attached to an aromatic ring is 1. The Morgan fingerprint density at radius 2 is 2.11 bits per heavy atom. The molecule has 1 saturated carbocycles. The fourth-order valence-electron chi connectivity index (χ4n) is 2.27. The summed E-state index contributed by atoms with van der Waals surface area (Å²) in [6.45, 7) is 0. The maximum absolute atomic E-state index is 12.9. The molecule has 1 aromatic carbocycles. The molecular weight excluding hydrogens is 235 g/mol. The number of anilines is 1. The van der Waals surface area contributed by atoms with Crippen LogP contribution in [0.25, 0.3) is 0 Å². The largest absolute Gasteiger partial charge is 0.398 e. The Bertz CT molecular complexity index is 451. The van der Waals surface area contributed by atoms with Crippen LogP contribution in [0.3, 0.4) is 0 Å². The number of nitrogens with one attached hydrogen (secondary N) is 1. The van der Waals surface area contributed by atoms with E-state index in [0.717, 1.165) is 25.3 Å². The highest BCUT2D eigenvalue weighted by atomic mass is 19.1. The first kappa shape index (κ1) is 12.8. The Kier molecular flexibility index (Phi) is 3.81. The number of benzene rings is 1. The van der Waals surface area contributed by atoms with Gasteiger partial charge in [0.15, 0.2) is 0 Å². The Morgan fingerprint density at radius 3 is 2.78 bits per heavy atom. The van der Waals surface area contributed by atoms with Crippen molar-refractivity contribution in [2.45, 2.75) is 37.8 Å². The summed E-state index contributed by atoms with van der Waals surface area (Å²) in [6, 6.07) is 3.43. The highest BCUT2D eigenvalue weighted by Gasteiger charge is 2.25. The lowest BCUT2D eigenvalue weighted by Gasteiger charge is -2.28. The van der Waals surface area contributed by atoms with E-state index < -0.39 is 11.9 Å². The molecule has 0 radical (unpaired) electrons. The lowest BCUT2D eigenvalue weighted by molar-refractivity contribution is 0.0718. The number of hydrogen-bond acceptors (Lipinski definition) is 3. The SMILES string of the molecule is Nc1cc(F)ccc1C(=O)N[C@H]1CCCC[C@@H]1O. The zero-order valence-corrected chi connectivity index (χ0v) is 10.0. The molecule has 2 rings (SSSR count). The molecular formula is C13H17FN2O2. The standard InChI is InChI=1S/C13H17FN2O2/c14-8-5-6-9(10(15)7-8)13(18)16-11-3-1-2-4-12(11)17/h5-7,11-12,17H,1-4,15H2,(H,16,18)/t11-,12-/m0/s1.